The van der Waals surface area contributed by atoms with Gasteiger partial charge in [0.1, 0.15) is 0 Å². The molecular formula is C7H16BINO2PS2. The molecule has 0 aromatic heterocycles. The van der Waals surface area contributed by atoms with Crippen LogP contribution in [0, 0.1) is 0 Å². The average molecular weight is 379 g/mol. The van der Waals surface area contributed by atoms with E-state index in [9.17, 15) is 4.79 Å². The Hall–Kier alpha value is 1.35. The summed E-state index contributed by atoms with van der Waals surface area (Å²) in [5, 5.41) is 2.85. The second kappa shape index (κ2) is 11.8. The summed E-state index contributed by atoms with van der Waals surface area (Å²) < 4.78 is 5.62. The highest BCUT2D eigenvalue weighted by molar-refractivity contribution is 14.1. The summed E-state index contributed by atoms with van der Waals surface area (Å²) in [5.41, 5.74) is 0. The van der Waals surface area contributed by atoms with Crippen LogP contribution in [0.25, 0.3) is 0 Å². The van der Waals surface area contributed by atoms with Crippen molar-refractivity contribution >= 4 is 62.4 Å². The lowest BCUT2D eigenvalue weighted by Crippen LogP contribution is -2.26. The van der Waals surface area contributed by atoms with Crippen LogP contribution in [-0.4, -0.2) is 35.0 Å². The topological polar surface area (TPSA) is 38.3 Å². The molecular weight excluding hydrogens is 363 g/mol. The number of carbonyl (C=O) groups is 1. The predicted molar refractivity (Wildman–Crippen MR) is 83.7 cm³/mol. The van der Waals surface area contributed by atoms with Gasteiger partial charge in [-0.05, 0) is 6.92 Å². The van der Waals surface area contributed by atoms with Crippen LogP contribution in [0.1, 0.15) is 13.3 Å². The standard InChI is InChI=1S/C7H16BINO2PS2/c1-2-12-5-3-7(11)10-4-6-14-15-8(9)13/h2-6,13H2,1H3,(H,10,11). The van der Waals surface area contributed by atoms with Crippen molar-refractivity contribution in [3.05, 3.63) is 0 Å². The molecule has 3 nitrogen and oxygen atoms in total. The van der Waals surface area contributed by atoms with Crippen molar-refractivity contribution in [3.63, 3.8) is 0 Å². The molecule has 0 aliphatic carbocycles. The molecule has 8 heteroatoms. The van der Waals surface area contributed by atoms with Gasteiger partial charge >= 0.3 is 3.57 Å². The van der Waals surface area contributed by atoms with E-state index in [2.05, 4.69) is 36.8 Å². The van der Waals surface area contributed by atoms with Gasteiger partial charge in [0.2, 0.25) is 5.91 Å². The SMILES string of the molecule is CCOCCC(=O)NCCSSB(P)I. The maximum absolute atomic E-state index is 11.2. The minimum absolute atomic E-state index is 0.0750. The molecule has 1 unspecified atom stereocenters. The summed E-state index contributed by atoms with van der Waals surface area (Å²) in [6.07, 6.45) is 0.462. The predicted octanol–water partition coefficient (Wildman–Crippen LogP) is 2.21. The molecule has 0 spiro atoms. The number of hydrogen-bond donors (Lipinski definition) is 1. The zero-order chi connectivity index (χ0) is 11.5. The fraction of sp³-hybridized carbons (Fsp3) is 0.857. The third kappa shape index (κ3) is 13.3. The van der Waals surface area contributed by atoms with Gasteiger partial charge in [0.05, 0.1) is 6.61 Å². The summed E-state index contributed by atoms with van der Waals surface area (Å²) in [7, 11) is 6.29. The molecule has 15 heavy (non-hydrogen) atoms. The minimum atomic E-state index is 0.0750. The first-order chi connectivity index (χ1) is 7.16. The smallest absolute Gasteiger partial charge is 0.314 e. The van der Waals surface area contributed by atoms with Gasteiger partial charge in [0.15, 0.2) is 0 Å². The lowest BCUT2D eigenvalue weighted by atomic mass is 10.4. The van der Waals surface area contributed by atoms with E-state index in [0.29, 0.717) is 23.2 Å². The molecule has 0 saturated carbocycles. The maximum Gasteiger partial charge on any atom is 0.314 e. The molecule has 0 heterocycles. The van der Waals surface area contributed by atoms with Crippen LogP contribution in [0.5, 0.6) is 0 Å². The van der Waals surface area contributed by atoms with Crippen LogP contribution in [-0.2, 0) is 9.53 Å². The van der Waals surface area contributed by atoms with Crippen LogP contribution >= 0.6 is 52.9 Å². The number of nitrogens with one attached hydrogen (secondary N) is 1. The van der Waals surface area contributed by atoms with Gasteiger partial charge in [-0.2, -0.15) is 0 Å². The van der Waals surface area contributed by atoms with Gasteiger partial charge in [-0.1, -0.05) is 0 Å². The molecule has 0 radical (unpaired) electrons. The first-order valence-corrected chi connectivity index (χ1v) is 8.98. The third-order valence-corrected chi connectivity index (χ3v) is 6.36. The Labute approximate surface area is 115 Å². The molecule has 0 aliphatic heterocycles. The first kappa shape index (κ1) is 16.4. The molecule has 1 atom stereocenters. The van der Waals surface area contributed by atoms with E-state index in [4.69, 9.17) is 4.74 Å². The Kier molecular flexibility index (Phi) is 12.9. The molecule has 0 aromatic carbocycles. The van der Waals surface area contributed by atoms with Gasteiger partial charge in [-0.25, -0.2) is 0 Å². The van der Waals surface area contributed by atoms with Gasteiger partial charge in [0.25, 0.3) is 0 Å². The van der Waals surface area contributed by atoms with Crippen molar-refractivity contribution in [1.29, 1.82) is 0 Å². The van der Waals surface area contributed by atoms with E-state index in [1.165, 1.54) is 0 Å². The van der Waals surface area contributed by atoms with Crippen LogP contribution in [0.2, 0.25) is 0 Å². The normalized spacial score (nSPS) is 10.1. The number of hydrogen-bond acceptors (Lipinski definition) is 4. The first-order valence-electron chi connectivity index (χ1n) is 4.69. The van der Waals surface area contributed by atoms with E-state index >= 15 is 0 Å². The van der Waals surface area contributed by atoms with Crippen molar-refractivity contribution in [2.24, 2.45) is 0 Å². The molecule has 0 fully saturated rings. The van der Waals surface area contributed by atoms with E-state index in [1.807, 2.05) is 6.92 Å². The number of carbonyl (C=O) groups excluding carboxylic acids is 1. The highest BCUT2D eigenvalue weighted by Crippen LogP contribution is 2.30. The maximum atomic E-state index is 11.2. The zero-order valence-electron chi connectivity index (χ0n) is 8.70. The van der Waals surface area contributed by atoms with Gasteiger partial charge in [0, 0.05) is 25.3 Å². The second-order valence-corrected chi connectivity index (χ2v) is 9.89. The Morgan fingerprint density at radius 3 is 3.00 bits per heavy atom. The largest absolute Gasteiger partial charge is 0.381 e. The van der Waals surface area contributed by atoms with E-state index in [1.54, 1.807) is 21.4 Å². The summed E-state index contributed by atoms with van der Waals surface area (Å²) in [4.78, 5) is 11.2. The number of amides is 1. The summed E-state index contributed by atoms with van der Waals surface area (Å²) in [5.74, 6) is 1.02. The summed E-state index contributed by atoms with van der Waals surface area (Å²) in [6, 6.07) is 0. The highest BCUT2D eigenvalue weighted by atomic mass is 127. The van der Waals surface area contributed by atoms with Crippen LogP contribution in [0.3, 0.4) is 0 Å². The fourth-order valence-electron chi connectivity index (χ4n) is 0.743. The molecule has 0 rings (SSSR count). The van der Waals surface area contributed by atoms with Gasteiger partial charge in [-0.15, -0.1) is 52.9 Å². The molecule has 0 bridgehead atoms. The molecule has 1 N–H and O–H groups in total. The third-order valence-electron chi connectivity index (χ3n) is 1.35. The van der Waals surface area contributed by atoms with Crippen molar-refractivity contribution in [2.75, 3.05) is 25.5 Å². The summed E-state index contributed by atoms with van der Waals surface area (Å²) >= 11 is 2.33. The van der Waals surface area contributed by atoms with Crippen LogP contribution < -0.4 is 5.32 Å². The lowest BCUT2D eigenvalue weighted by molar-refractivity contribution is -0.122. The Morgan fingerprint density at radius 2 is 2.40 bits per heavy atom. The molecule has 1 amide bonds. The summed E-state index contributed by atoms with van der Waals surface area (Å²) in [6.45, 7) is 3.85. The average Bonchev–Trinajstić information content (AvgIpc) is 2.17. The monoisotopic (exact) mass is 379 g/mol. The minimum Gasteiger partial charge on any atom is -0.381 e. The highest BCUT2D eigenvalue weighted by Gasteiger charge is 2.03. The molecule has 0 saturated heterocycles. The fourth-order valence-corrected chi connectivity index (χ4v) is 4.11. The van der Waals surface area contributed by atoms with Gasteiger partial charge < -0.3 is 10.1 Å². The molecule has 0 aromatic rings. The zero-order valence-corrected chi connectivity index (χ0v) is 13.6. The van der Waals surface area contributed by atoms with Crippen molar-refractivity contribution < 1.29 is 9.53 Å². The van der Waals surface area contributed by atoms with E-state index in [0.717, 1.165) is 12.3 Å². The molecule has 0 aliphatic rings. The second-order valence-electron chi connectivity index (χ2n) is 2.57. The number of ether oxygens (including phenoxy) is 1. The Balaban J connectivity index is 3.17. The van der Waals surface area contributed by atoms with E-state index in [-0.39, 0.29) is 5.91 Å². The van der Waals surface area contributed by atoms with Crippen molar-refractivity contribution in [1.82, 2.24) is 5.32 Å². The van der Waals surface area contributed by atoms with Crippen LogP contribution in [0.4, 0.5) is 0 Å². The molecule has 88 valence electrons. The lowest BCUT2D eigenvalue weighted by Gasteiger charge is -2.05. The van der Waals surface area contributed by atoms with Gasteiger partial charge in [-0.3, -0.25) is 4.79 Å². The van der Waals surface area contributed by atoms with Crippen molar-refractivity contribution in [2.45, 2.75) is 13.3 Å². The number of halogens is 1. The van der Waals surface area contributed by atoms with Crippen molar-refractivity contribution in [3.8, 4) is 0 Å². The Bertz CT molecular complexity index is 179. The van der Waals surface area contributed by atoms with E-state index < -0.39 is 0 Å². The quantitative estimate of drug-likeness (QED) is 0.219. The number of rotatable bonds is 9. The van der Waals surface area contributed by atoms with Crippen LogP contribution in [0.15, 0.2) is 0 Å². The Morgan fingerprint density at radius 1 is 1.67 bits per heavy atom.